The maximum absolute atomic E-state index is 12.2. The summed E-state index contributed by atoms with van der Waals surface area (Å²) in [5, 5.41) is 7.14. The summed E-state index contributed by atoms with van der Waals surface area (Å²) in [4.78, 5) is 18.2. The fourth-order valence-electron chi connectivity index (χ4n) is 5.07. The monoisotopic (exact) mass is 414 g/mol. The van der Waals surface area contributed by atoms with Crippen molar-refractivity contribution in [3.8, 4) is 0 Å². The van der Waals surface area contributed by atoms with Crippen molar-refractivity contribution in [2.75, 3.05) is 34.3 Å². The third-order valence-electron chi connectivity index (χ3n) is 6.76. The van der Waals surface area contributed by atoms with Crippen LogP contribution < -0.4 is 10.6 Å². The number of guanidine groups is 1. The van der Waals surface area contributed by atoms with Crippen LogP contribution in [0.25, 0.3) is 0 Å². The second kappa shape index (κ2) is 10.3. The Hall–Kier alpha value is -2.08. The molecule has 6 nitrogen and oxygen atoms in total. The zero-order chi connectivity index (χ0) is 21.6. The molecule has 2 fully saturated rings. The van der Waals surface area contributed by atoms with E-state index in [4.69, 9.17) is 4.74 Å². The molecule has 1 spiro atoms. The van der Waals surface area contributed by atoms with Gasteiger partial charge in [-0.1, -0.05) is 31.4 Å². The van der Waals surface area contributed by atoms with E-state index < -0.39 is 0 Å². The van der Waals surface area contributed by atoms with Gasteiger partial charge in [0.1, 0.15) is 0 Å². The third-order valence-corrected chi connectivity index (χ3v) is 6.76. The smallest absolute Gasteiger partial charge is 0.253 e. The van der Waals surface area contributed by atoms with Crippen LogP contribution in [-0.4, -0.2) is 63.2 Å². The van der Waals surface area contributed by atoms with E-state index in [2.05, 4.69) is 28.6 Å². The van der Waals surface area contributed by atoms with Crippen molar-refractivity contribution in [2.45, 2.75) is 64.0 Å². The number of carbonyl (C=O) groups excluding carboxylic acids is 1. The zero-order valence-electron chi connectivity index (χ0n) is 19.0. The van der Waals surface area contributed by atoms with Crippen LogP contribution in [0.4, 0.5) is 0 Å². The molecule has 2 aliphatic carbocycles. The molecule has 2 N–H and O–H groups in total. The lowest BCUT2D eigenvalue weighted by atomic mass is 9.55. The summed E-state index contributed by atoms with van der Waals surface area (Å²) in [7, 11) is 5.39. The minimum Gasteiger partial charge on any atom is -0.378 e. The SMILES string of the molecule is CCOC1CC(NC(=NC)NCCc2cccc(C(=O)N(C)C)c2)C12CCCCC2. The van der Waals surface area contributed by atoms with Crippen LogP contribution in [0, 0.1) is 5.41 Å². The molecular formula is C24H38N4O2. The predicted molar refractivity (Wildman–Crippen MR) is 122 cm³/mol. The molecule has 0 aromatic heterocycles. The van der Waals surface area contributed by atoms with Gasteiger partial charge in [-0.25, -0.2) is 0 Å². The topological polar surface area (TPSA) is 66.0 Å². The standard InChI is InChI=1S/C24H38N4O2/c1-5-30-21-17-20(24(21)13-7-6-8-14-24)27-23(25-2)26-15-12-18-10-9-11-19(16-18)22(29)28(3)4/h9-11,16,20-21H,5-8,12-15,17H2,1-4H3,(H2,25,26,27). The second-order valence-corrected chi connectivity index (χ2v) is 8.82. The number of amides is 1. The first-order valence-corrected chi connectivity index (χ1v) is 11.4. The van der Waals surface area contributed by atoms with Crippen LogP contribution >= 0.6 is 0 Å². The maximum Gasteiger partial charge on any atom is 0.253 e. The Morgan fingerprint density at radius 1 is 1.27 bits per heavy atom. The number of aliphatic imine (C=N–C) groups is 1. The summed E-state index contributed by atoms with van der Waals surface area (Å²) < 4.78 is 6.07. The second-order valence-electron chi connectivity index (χ2n) is 8.82. The van der Waals surface area contributed by atoms with Crippen molar-refractivity contribution < 1.29 is 9.53 Å². The Morgan fingerprint density at radius 2 is 2.03 bits per heavy atom. The number of rotatable bonds is 7. The van der Waals surface area contributed by atoms with E-state index in [1.807, 2.05) is 25.2 Å². The molecule has 0 radical (unpaired) electrons. The Morgan fingerprint density at radius 3 is 2.70 bits per heavy atom. The lowest BCUT2D eigenvalue weighted by molar-refractivity contribution is -0.145. The number of benzene rings is 1. The molecule has 0 saturated heterocycles. The molecule has 30 heavy (non-hydrogen) atoms. The average molecular weight is 415 g/mol. The van der Waals surface area contributed by atoms with Crippen molar-refractivity contribution >= 4 is 11.9 Å². The van der Waals surface area contributed by atoms with Gasteiger partial charge in [0.05, 0.1) is 6.10 Å². The van der Waals surface area contributed by atoms with E-state index in [0.717, 1.165) is 43.1 Å². The van der Waals surface area contributed by atoms with Crippen molar-refractivity contribution in [1.29, 1.82) is 0 Å². The lowest BCUT2D eigenvalue weighted by Gasteiger charge is -2.57. The van der Waals surface area contributed by atoms with Gasteiger partial charge in [0.15, 0.2) is 5.96 Å². The number of nitrogens with zero attached hydrogens (tertiary/aromatic N) is 2. The first-order chi connectivity index (χ1) is 14.5. The number of nitrogens with one attached hydrogen (secondary N) is 2. The summed E-state index contributed by atoms with van der Waals surface area (Å²) in [6.45, 7) is 3.66. The van der Waals surface area contributed by atoms with Crippen molar-refractivity contribution in [1.82, 2.24) is 15.5 Å². The third kappa shape index (κ3) is 4.97. The van der Waals surface area contributed by atoms with Crippen LogP contribution in [0.1, 0.15) is 61.4 Å². The fraction of sp³-hybridized carbons (Fsp3) is 0.667. The summed E-state index contributed by atoms with van der Waals surface area (Å²) in [6.07, 6.45) is 8.73. The largest absolute Gasteiger partial charge is 0.378 e. The Kier molecular flexibility index (Phi) is 7.75. The van der Waals surface area contributed by atoms with Crippen LogP contribution in [0.15, 0.2) is 29.3 Å². The highest BCUT2D eigenvalue weighted by Crippen LogP contribution is 2.53. The van der Waals surface area contributed by atoms with Gasteiger partial charge in [-0.3, -0.25) is 9.79 Å². The molecule has 6 heteroatoms. The van der Waals surface area contributed by atoms with E-state index in [0.29, 0.717) is 12.1 Å². The summed E-state index contributed by atoms with van der Waals surface area (Å²) in [5.41, 5.74) is 2.15. The van der Waals surface area contributed by atoms with Gasteiger partial charge in [-0.2, -0.15) is 0 Å². The number of hydrogen-bond donors (Lipinski definition) is 2. The number of hydrogen-bond acceptors (Lipinski definition) is 3. The van der Waals surface area contributed by atoms with Gasteiger partial charge in [-0.15, -0.1) is 0 Å². The molecule has 0 bridgehead atoms. The molecule has 2 unspecified atom stereocenters. The molecule has 2 atom stereocenters. The van der Waals surface area contributed by atoms with Gasteiger partial charge in [0.2, 0.25) is 0 Å². The highest BCUT2D eigenvalue weighted by molar-refractivity contribution is 5.94. The van der Waals surface area contributed by atoms with Crippen molar-refractivity contribution in [3.05, 3.63) is 35.4 Å². The highest BCUT2D eigenvalue weighted by Gasteiger charge is 2.55. The maximum atomic E-state index is 12.2. The predicted octanol–water partition coefficient (Wildman–Crippen LogP) is 3.22. The summed E-state index contributed by atoms with van der Waals surface area (Å²) >= 11 is 0. The van der Waals surface area contributed by atoms with Crippen LogP contribution in [0.3, 0.4) is 0 Å². The van der Waals surface area contributed by atoms with Crippen molar-refractivity contribution in [3.63, 3.8) is 0 Å². The van der Waals surface area contributed by atoms with E-state index in [-0.39, 0.29) is 11.3 Å². The Balaban J connectivity index is 1.53. The molecule has 2 aliphatic rings. The highest BCUT2D eigenvalue weighted by atomic mass is 16.5. The van der Waals surface area contributed by atoms with Crippen LogP contribution in [-0.2, 0) is 11.2 Å². The van der Waals surface area contributed by atoms with Gasteiger partial charge in [0.25, 0.3) is 5.91 Å². The molecule has 1 aromatic carbocycles. The van der Waals surface area contributed by atoms with Gasteiger partial charge in [-0.05, 0) is 50.3 Å². The quantitative estimate of drug-likeness (QED) is 0.531. The first kappa shape index (κ1) is 22.6. The normalized spacial score (nSPS) is 23.0. The first-order valence-electron chi connectivity index (χ1n) is 11.4. The van der Waals surface area contributed by atoms with E-state index >= 15 is 0 Å². The number of carbonyl (C=O) groups is 1. The minimum absolute atomic E-state index is 0.0360. The molecular weight excluding hydrogens is 376 g/mol. The molecule has 0 aliphatic heterocycles. The fourth-order valence-corrected chi connectivity index (χ4v) is 5.07. The molecule has 0 heterocycles. The van der Waals surface area contributed by atoms with E-state index in [1.54, 1.807) is 19.0 Å². The van der Waals surface area contributed by atoms with Crippen molar-refractivity contribution in [2.24, 2.45) is 10.4 Å². The minimum atomic E-state index is 0.0360. The molecule has 166 valence electrons. The number of ether oxygens (including phenoxy) is 1. The molecule has 3 rings (SSSR count). The molecule has 1 aromatic rings. The molecule has 2 saturated carbocycles. The summed E-state index contributed by atoms with van der Waals surface area (Å²) in [5.74, 6) is 0.898. The van der Waals surface area contributed by atoms with Crippen LogP contribution in [0.5, 0.6) is 0 Å². The molecule has 1 amide bonds. The van der Waals surface area contributed by atoms with Gasteiger partial charge < -0.3 is 20.3 Å². The Labute approximate surface area is 181 Å². The van der Waals surface area contributed by atoms with Gasteiger partial charge >= 0.3 is 0 Å². The van der Waals surface area contributed by atoms with Gasteiger partial charge in [0, 0.05) is 51.3 Å². The zero-order valence-corrected chi connectivity index (χ0v) is 19.0. The van der Waals surface area contributed by atoms with E-state index in [9.17, 15) is 4.79 Å². The summed E-state index contributed by atoms with van der Waals surface area (Å²) in [6, 6.07) is 8.31. The van der Waals surface area contributed by atoms with E-state index in [1.165, 1.54) is 32.1 Å². The Bertz CT molecular complexity index is 740. The average Bonchev–Trinajstić information content (AvgIpc) is 2.77. The lowest BCUT2D eigenvalue weighted by Crippen LogP contribution is -2.66. The van der Waals surface area contributed by atoms with Crippen LogP contribution in [0.2, 0.25) is 0 Å².